The molecule has 0 spiro atoms. The first-order valence-electron chi connectivity index (χ1n) is 7.96. The van der Waals surface area contributed by atoms with Crippen LogP contribution in [0.5, 0.6) is 5.75 Å². The average molecular weight is 458 g/mol. The molecule has 29 heavy (non-hydrogen) atoms. The Morgan fingerprint density at radius 3 is 2.41 bits per heavy atom. The van der Waals surface area contributed by atoms with E-state index < -0.39 is 33.0 Å². The maximum atomic E-state index is 12.4. The highest BCUT2D eigenvalue weighted by Gasteiger charge is 2.21. The first-order chi connectivity index (χ1) is 13.5. The minimum Gasteiger partial charge on any atom is -0.423 e. The average Bonchev–Trinajstić information content (AvgIpc) is 2.60. The summed E-state index contributed by atoms with van der Waals surface area (Å²) in [5.74, 6) is -1.18. The molecule has 152 valence electrons. The molecule has 0 bridgehead atoms. The third-order valence-electron chi connectivity index (χ3n) is 4.12. The van der Waals surface area contributed by atoms with Crippen molar-refractivity contribution in [2.75, 3.05) is 5.73 Å². The largest absolute Gasteiger partial charge is 0.423 e. The molecule has 0 aliphatic heterocycles. The van der Waals surface area contributed by atoms with Gasteiger partial charge in [-0.2, -0.15) is 8.42 Å². The Hall–Kier alpha value is -2.59. The number of anilines is 1. The normalized spacial score (nSPS) is 11.6. The number of esters is 1. The molecule has 2 aromatic carbocycles. The van der Waals surface area contributed by atoms with Crippen molar-refractivity contribution in [3.05, 3.63) is 61.9 Å². The summed E-state index contributed by atoms with van der Waals surface area (Å²) in [4.78, 5) is 24.1. The third-order valence-corrected chi connectivity index (χ3v) is 5.51. The second-order valence-corrected chi connectivity index (χ2v) is 8.33. The minimum absolute atomic E-state index is 0.0778. The highest BCUT2D eigenvalue weighted by atomic mass is 35.5. The van der Waals surface area contributed by atoms with Crippen molar-refractivity contribution in [1.29, 1.82) is 0 Å². The topological polar surface area (TPSA) is 137 Å². The second kappa shape index (κ2) is 7.68. The molecule has 0 amide bonds. The molecule has 0 saturated heterocycles. The molecule has 3 rings (SSSR count). The number of benzene rings is 2. The fourth-order valence-electron chi connectivity index (χ4n) is 2.69. The second-order valence-electron chi connectivity index (χ2n) is 6.09. The number of nitrogens with two attached hydrogens (primary N) is 1. The van der Waals surface area contributed by atoms with E-state index in [2.05, 4.69) is 0 Å². The Morgan fingerprint density at radius 2 is 1.83 bits per heavy atom. The fourth-order valence-corrected chi connectivity index (χ4v) is 3.92. The van der Waals surface area contributed by atoms with Gasteiger partial charge in [0, 0.05) is 17.1 Å². The van der Waals surface area contributed by atoms with Crippen molar-refractivity contribution < 1.29 is 26.9 Å². The number of hydrogen-bond acceptors (Lipinski definition) is 7. The Labute approximate surface area is 174 Å². The van der Waals surface area contributed by atoms with Gasteiger partial charge >= 0.3 is 11.6 Å². The highest BCUT2D eigenvalue weighted by molar-refractivity contribution is 7.85. The van der Waals surface area contributed by atoms with E-state index in [0.29, 0.717) is 16.6 Å². The molecule has 0 saturated carbocycles. The van der Waals surface area contributed by atoms with Crippen molar-refractivity contribution in [3.63, 3.8) is 0 Å². The van der Waals surface area contributed by atoms with Gasteiger partial charge in [-0.15, -0.1) is 0 Å². The number of carbonyl (C=O) groups is 1. The van der Waals surface area contributed by atoms with Crippen molar-refractivity contribution in [2.24, 2.45) is 0 Å². The van der Waals surface area contributed by atoms with Gasteiger partial charge in [0.2, 0.25) is 0 Å². The van der Waals surface area contributed by atoms with Crippen LogP contribution in [-0.4, -0.2) is 18.9 Å². The van der Waals surface area contributed by atoms with Crippen LogP contribution in [0.25, 0.3) is 11.0 Å². The van der Waals surface area contributed by atoms with Crippen LogP contribution in [0.3, 0.4) is 0 Å². The quantitative estimate of drug-likeness (QED) is 0.200. The summed E-state index contributed by atoms with van der Waals surface area (Å²) < 4.78 is 41.8. The van der Waals surface area contributed by atoms with E-state index in [0.717, 1.165) is 12.1 Å². The predicted octanol–water partition coefficient (Wildman–Crippen LogP) is 3.39. The molecule has 1 aromatic heterocycles. The van der Waals surface area contributed by atoms with Crippen LogP contribution in [0.4, 0.5) is 5.69 Å². The highest BCUT2D eigenvalue weighted by Crippen LogP contribution is 2.36. The van der Waals surface area contributed by atoms with E-state index in [-0.39, 0.29) is 26.9 Å². The zero-order valence-electron chi connectivity index (χ0n) is 14.7. The molecule has 0 aliphatic carbocycles. The number of aryl methyl sites for hydroxylation is 1. The number of ether oxygens (including phenoxy) is 1. The molecule has 3 aromatic rings. The molecule has 8 nitrogen and oxygen atoms in total. The molecule has 0 unspecified atom stereocenters. The Bertz CT molecular complexity index is 1290. The lowest BCUT2D eigenvalue weighted by atomic mass is 10.0. The van der Waals surface area contributed by atoms with Gasteiger partial charge in [-0.3, -0.25) is 9.35 Å². The Kier molecular flexibility index (Phi) is 5.59. The summed E-state index contributed by atoms with van der Waals surface area (Å²) in [7, 11) is -4.55. The number of carbonyl (C=O) groups excluding carboxylic acids is 1. The predicted molar refractivity (Wildman–Crippen MR) is 107 cm³/mol. The van der Waals surface area contributed by atoms with Crippen molar-refractivity contribution >= 4 is 55.9 Å². The summed E-state index contributed by atoms with van der Waals surface area (Å²) in [6.07, 6.45) is -0.443. The molecular formula is C18H13Cl2NO7S. The number of nitrogen functional groups attached to an aromatic ring is 1. The lowest BCUT2D eigenvalue weighted by Crippen LogP contribution is -2.19. The zero-order chi connectivity index (χ0) is 21.5. The molecule has 3 N–H and O–H groups in total. The van der Waals surface area contributed by atoms with Crippen LogP contribution in [0, 0.1) is 6.92 Å². The van der Waals surface area contributed by atoms with Crippen molar-refractivity contribution in [3.8, 4) is 5.75 Å². The van der Waals surface area contributed by atoms with E-state index in [4.69, 9.17) is 42.6 Å². The maximum Gasteiger partial charge on any atom is 0.340 e. The monoisotopic (exact) mass is 457 g/mol. The summed E-state index contributed by atoms with van der Waals surface area (Å²) in [5, 5.41) is -0.0115. The van der Waals surface area contributed by atoms with E-state index in [1.165, 1.54) is 6.07 Å². The van der Waals surface area contributed by atoms with Crippen LogP contribution < -0.4 is 16.1 Å². The van der Waals surface area contributed by atoms with Gasteiger partial charge < -0.3 is 14.9 Å². The maximum absolute atomic E-state index is 12.4. The number of hydrogen-bond donors (Lipinski definition) is 2. The first-order valence-corrected chi connectivity index (χ1v) is 10.2. The summed E-state index contributed by atoms with van der Waals surface area (Å²) >= 11 is 11.8. The van der Waals surface area contributed by atoms with Gasteiger partial charge in [0.15, 0.2) is 5.75 Å². The smallest absolute Gasteiger partial charge is 0.340 e. The van der Waals surface area contributed by atoms with Crippen LogP contribution in [-0.2, 0) is 21.3 Å². The van der Waals surface area contributed by atoms with Crippen LogP contribution in [0.15, 0.2) is 44.4 Å². The van der Waals surface area contributed by atoms with Gasteiger partial charge in [-0.1, -0.05) is 23.2 Å². The third kappa shape index (κ3) is 4.38. The lowest BCUT2D eigenvalue weighted by Gasteiger charge is -2.11. The van der Waals surface area contributed by atoms with Crippen molar-refractivity contribution in [2.45, 2.75) is 18.2 Å². The summed E-state index contributed by atoms with van der Waals surface area (Å²) in [6, 6.07) is 6.56. The van der Waals surface area contributed by atoms with Crippen LogP contribution in [0.2, 0.25) is 10.0 Å². The molecule has 11 heteroatoms. The van der Waals surface area contributed by atoms with E-state index >= 15 is 0 Å². The summed E-state index contributed by atoms with van der Waals surface area (Å²) in [5.41, 5.74) is 6.26. The van der Waals surface area contributed by atoms with Gasteiger partial charge in [0.25, 0.3) is 10.1 Å². The number of rotatable bonds is 4. The van der Waals surface area contributed by atoms with Gasteiger partial charge in [0.1, 0.15) is 5.58 Å². The SMILES string of the molecule is Cc1c(CC(=O)Oc2c(Cl)cc(S(=O)(=O)O)cc2Cl)c(=O)oc2cc(N)ccc12. The van der Waals surface area contributed by atoms with E-state index in [1.54, 1.807) is 19.1 Å². The van der Waals surface area contributed by atoms with Gasteiger partial charge in [-0.05, 0) is 36.8 Å². The molecule has 0 fully saturated rings. The van der Waals surface area contributed by atoms with Crippen molar-refractivity contribution in [1.82, 2.24) is 0 Å². The Morgan fingerprint density at radius 1 is 1.21 bits per heavy atom. The van der Waals surface area contributed by atoms with Gasteiger partial charge in [0.05, 0.1) is 26.9 Å². The molecular weight excluding hydrogens is 445 g/mol. The first kappa shape index (κ1) is 21.1. The standard InChI is InChI=1S/C18H13Cl2NO7S/c1-8-11-3-2-9(21)4-15(11)27-18(23)12(8)7-16(22)28-17-13(19)5-10(6-14(17)20)29(24,25)26/h2-6H,7,21H2,1H3,(H,24,25,26). The van der Waals surface area contributed by atoms with Gasteiger partial charge in [-0.25, -0.2) is 4.79 Å². The minimum atomic E-state index is -4.55. The zero-order valence-corrected chi connectivity index (χ0v) is 17.1. The van der Waals surface area contributed by atoms with E-state index in [9.17, 15) is 18.0 Å². The molecule has 1 heterocycles. The molecule has 0 aliphatic rings. The Balaban J connectivity index is 1.92. The molecule has 0 atom stereocenters. The molecule has 0 radical (unpaired) electrons. The summed E-state index contributed by atoms with van der Waals surface area (Å²) in [6.45, 7) is 1.65. The fraction of sp³-hybridized carbons (Fsp3) is 0.111. The van der Waals surface area contributed by atoms with Crippen LogP contribution >= 0.6 is 23.2 Å². The number of halogens is 2. The number of fused-ring (bicyclic) bond motifs is 1. The lowest BCUT2D eigenvalue weighted by molar-refractivity contribution is -0.133. The van der Waals surface area contributed by atoms with E-state index in [1.807, 2.05) is 0 Å². The van der Waals surface area contributed by atoms with Crippen LogP contribution in [0.1, 0.15) is 11.1 Å².